The van der Waals surface area contributed by atoms with Crippen LogP contribution in [0.15, 0.2) is 12.2 Å². The van der Waals surface area contributed by atoms with Gasteiger partial charge in [0.15, 0.2) is 5.78 Å². The number of Topliss-reactive ketones (excluding diaryl/α,β-unsaturated/α-hetero) is 1. The number of aliphatic hydroxyl groups is 1. The minimum atomic E-state index is -0.908. The predicted molar refractivity (Wildman–Crippen MR) is 54.9 cm³/mol. The normalized spacial score (nSPS) is 26.2. The van der Waals surface area contributed by atoms with Crippen LogP contribution in [0.5, 0.6) is 0 Å². The molecule has 2 rings (SSSR count). The van der Waals surface area contributed by atoms with Crippen LogP contribution in [0.25, 0.3) is 0 Å². The fourth-order valence-corrected chi connectivity index (χ4v) is 2.14. The first-order valence-corrected chi connectivity index (χ1v) is 5.52. The minimum absolute atomic E-state index is 0.0787. The first-order valence-electron chi connectivity index (χ1n) is 5.52. The molecular weight excluding hydrogens is 176 g/mol. The number of hydrogen-bond donors (Lipinski definition) is 1. The molecule has 78 valence electrons. The van der Waals surface area contributed by atoms with Gasteiger partial charge < -0.3 is 5.11 Å². The van der Waals surface area contributed by atoms with Crippen molar-refractivity contribution in [1.29, 1.82) is 0 Å². The third-order valence-electron chi connectivity index (χ3n) is 3.53. The van der Waals surface area contributed by atoms with E-state index in [0.29, 0.717) is 25.2 Å². The highest BCUT2D eigenvalue weighted by Crippen LogP contribution is 2.39. The highest BCUT2D eigenvalue weighted by Gasteiger charge is 2.47. The highest BCUT2D eigenvalue weighted by atomic mass is 16.3. The lowest BCUT2D eigenvalue weighted by atomic mass is 9.83. The van der Waals surface area contributed by atoms with Crippen LogP contribution in [0, 0.1) is 5.92 Å². The van der Waals surface area contributed by atoms with Gasteiger partial charge in [-0.1, -0.05) is 12.2 Å². The third-order valence-corrected chi connectivity index (χ3v) is 3.53. The van der Waals surface area contributed by atoms with E-state index in [9.17, 15) is 9.90 Å². The van der Waals surface area contributed by atoms with Gasteiger partial charge in [0.1, 0.15) is 5.60 Å². The van der Waals surface area contributed by atoms with E-state index in [2.05, 4.69) is 6.58 Å². The van der Waals surface area contributed by atoms with Crippen LogP contribution in [0.3, 0.4) is 0 Å². The van der Waals surface area contributed by atoms with E-state index >= 15 is 0 Å². The lowest BCUT2D eigenvalue weighted by molar-refractivity contribution is -0.130. The molecule has 0 unspecified atom stereocenters. The molecule has 0 atom stereocenters. The van der Waals surface area contributed by atoms with Crippen LogP contribution in [-0.2, 0) is 4.79 Å². The van der Waals surface area contributed by atoms with Crippen LogP contribution in [-0.4, -0.2) is 16.5 Å². The summed E-state index contributed by atoms with van der Waals surface area (Å²) in [5, 5.41) is 9.61. The number of allylic oxidation sites excluding steroid dienone is 1. The minimum Gasteiger partial charge on any atom is -0.382 e. The molecule has 0 aromatic rings. The molecule has 0 radical (unpaired) electrons. The average molecular weight is 194 g/mol. The zero-order valence-electron chi connectivity index (χ0n) is 8.59. The highest BCUT2D eigenvalue weighted by molar-refractivity contribution is 5.89. The van der Waals surface area contributed by atoms with Crippen molar-refractivity contribution in [3.05, 3.63) is 12.2 Å². The zero-order chi connectivity index (χ0) is 10.2. The number of rotatable bonds is 3. The summed E-state index contributed by atoms with van der Waals surface area (Å²) >= 11 is 0. The Balaban J connectivity index is 1.80. The molecule has 0 aromatic carbocycles. The van der Waals surface area contributed by atoms with Crippen molar-refractivity contribution in [2.24, 2.45) is 5.92 Å². The second-order valence-corrected chi connectivity index (χ2v) is 4.85. The molecule has 0 saturated heterocycles. The molecule has 2 saturated carbocycles. The van der Waals surface area contributed by atoms with Crippen LogP contribution >= 0.6 is 0 Å². The SMILES string of the molecule is C=C1CCC(CC(=O)C2(O)CC2)CC1. The van der Waals surface area contributed by atoms with Crippen molar-refractivity contribution in [3.63, 3.8) is 0 Å². The molecule has 2 aliphatic carbocycles. The monoisotopic (exact) mass is 194 g/mol. The van der Waals surface area contributed by atoms with E-state index in [0.717, 1.165) is 25.7 Å². The van der Waals surface area contributed by atoms with E-state index in [1.165, 1.54) is 5.57 Å². The van der Waals surface area contributed by atoms with Gasteiger partial charge in [-0.3, -0.25) is 4.79 Å². The first kappa shape index (κ1) is 9.91. The van der Waals surface area contributed by atoms with Gasteiger partial charge in [0.05, 0.1) is 0 Å². The number of carbonyl (C=O) groups is 1. The van der Waals surface area contributed by atoms with Crippen molar-refractivity contribution in [2.45, 2.75) is 50.5 Å². The molecule has 0 spiro atoms. The number of hydrogen-bond acceptors (Lipinski definition) is 2. The van der Waals surface area contributed by atoms with Crippen LogP contribution < -0.4 is 0 Å². The summed E-state index contributed by atoms with van der Waals surface area (Å²) in [5.74, 6) is 0.577. The Morgan fingerprint density at radius 3 is 2.50 bits per heavy atom. The lowest BCUT2D eigenvalue weighted by Crippen LogP contribution is -2.25. The van der Waals surface area contributed by atoms with E-state index in [1.54, 1.807) is 0 Å². The molecule has 2 fully saturated rings. The van der Waals surface area contributed by atoms with Gasteiger partial charge >= 0.3 is 0 Å². The Labute approximate surface area is 85.0 Å². The van der Waals surface area contributed by atoms with E-state index < -0.39 is 5.60 Å². The fourth-order valence-electron chi connectivity index (χ4n) is 2.14. The Bertz CT molecular complexity index is 253. The number of carbonyl (C=O) groups excluding carboxylic acids is 1. The second kappa shape index (κ2) is 3.50. The van der Waals surface area contributed by atoms with Crippen molar-refractivity contribution >= 4 is 5.78 Å². The topological polar surface area (TPSA) is 37.3 Å². The standard InChI is InChI=1S/C12H18O2/c1-9-2-4-10(5-3-9)8-11(13)12(14)6-7-12/h10,14H,1-8H2. The first-order chi connectivity index (χ1) is 6.60. The van der Waals surface area contributed by atoms with Crippen LogP contribution in [0.4, 0.5) is 0 Å². The smallest absolute Gasteiger partial charge is 0.164 e. The second-order valence-electron chi connectivity index (χ2n) is 4.85. The summed E-state index contributed by atoms with van der Waals surface area (Å²) in [6.07, 6.45) is 6.26. The van der Waals surface area contributed by atoms with Gasteiger partial charge in [0.25, 0.3) is 0 Å². The molecular formula is C12H18O2. The summed E-state index contributed by atoms with van der Waals surface area (Å²) in [6, 6.07) is 0. The predicted octanol–water partition coefficient (Wildman–Crippen LogP) is 2.22. The maximum atomic E-state index is 11.6. The summed E-state index contributed by atoms with van der Waals surface area (Å²) in [4.78, 5) is 11.6. The van der Waals surface area contributed by atoms with Gasteiger partial charge in [-0.15, -0.1) is 0 Å². The molecule has 14 heavy (non-hydrogen) atoms. The van der Waals surface area contributed by atoms with Crippen molar-refractivity contribution in [3.8, 4) is 0 Å². The van der Waals surface area contributed by atoms with Crippen molar-refractivity contribution in [1.82, 2.24) is 0 Å². The Morgan fingerprint density at radius 2 is 2.00 bits per heavy atom. The summed E-state index contributed by atoms with van der Waals surface area (Å²) in [5.41, 5.74) is 0.410. The van der Waals surface area contributed by atoms with Crippen LogP contribution in [0.1, 0.15) is 44.9 Å². The van der Waals surface area contributed by atoms with Crippen molar-refractivity contribution < 1.29 is 9.90 Å². The molecule has 2 heteroatoms. The lowest BCUT2D eigenvalue weighted by Gasteiger charge is -2.23. The van der Waals surface area contributed by atoms with Gasteiger partial charge in [-0.25, -0.2) is 0 Å². The Morgan fingerprint density at radius 1 is 1.43 bits per heavy atom. The largest absolute Gasteiger partial charge is 0.382 e. The Hall–Kier alpha value is -0.630. The summed E-state index contributed by atoms with van der Waals surface area (Å²) in [7, 11) is 0. The van der Waals surface area contributed by atoms with Crippen LogP contribution in [0.2, 0.25) is 0 Å². The zero-order valence-corrected chi connectivity index (χ0v) is 8.59. The molecule has 0 heterocycles. The van der Waals surface area contributed by atoms with Gasteiger partial charge in [-0.05, 0) is 44.4 Å². The van der Waals surface area contributed by atoms with E-state index in [1.807, 2.05) is 0 Å². The summed E-state index contributed by atoms with van der Waals surface area (Å²) < 4.78 is 0. The molecule has 2 nitrogen and oxygen atoms in total. The quantitative estimate of drug-likeness (QED) is 0.699. The van der Waals surface area contributed by atoms with E-state index in [-0.39, 0.29) is 5.78 Å². The average Bonchev–Trinajstić information content (AvgIpc) is 2.89. The molecule has 2 aliphatic rings. The molecule has 1 N–H and O–H groups in total. The third kappa shape index (κ3) is 2.06. The van der Waals surface area contributed by atoms with Gasteiger partial charge in [0.2, 0.25) is 0 Å². The maximum absolute atomic E-state index is 11.6. The molecule has 0 bridgehead atoms. The van der Waals surface area contributed by atoms with E-state index in [4.69, 9.17) is 0 Å². The van der Waals surface area contributed by atoms with Crippen molar-refractivity contribution in [2.75, 3.05) is 0 Å². The van der Waals surface area contributed by atoms with Gasteiger partial charge in [0, 0.05) is 6.42 Å². The maximum Gasteiger partial charge on any atom is 0.164 e. The van der Waals surface area contributed by atoms with Gasteiger partial charge in [-0.2, -0.15) is 0 Å². The summed E-state index contributed by atoms with van der Waals surface area (Å²) in [6.45, 7) is 3.95. The Kier molecular flexibility index (Phi) is 2.48. The molecule has 0 aromatic heterocycles. The number of ketones is 1. The molecule has 0 amide bonds. The molecule has 0 aliphatic heterocycles. The fraction of sp³-hybridized carbons (Fsp3) is 0.750.